The predicted octanol–water partition coefficient (Wildman–Crippen LogP) is 3.85. The maximum absolute atomic E-state index is 12.7. The Hall–Kier alpha value is -1.56. The lowest BCUT2D eigenvalue weighted by atomic mass is 9.87. The van der Waals surface area contributed by atoms with Crippen LogP contribution in [0.3, 0.4) is 0 Å². The van der Waals surface area contributed by atoms with Crippen molar-refractivity contribution in [3.63, 3.8) is 0 Å². The summed E-state index contributed by atoms with van der Waals surface area (Å²) < 4.78 is 38.1. The van der Waals surface area contributed by atoms with Crippen molar-refractivity contribution in [2.75, 3.05) is 0 Å². The van der Waals surface area contributed by atoms with E-state index >= 15 is 0 Å². The van der Waals surface area contributed by atoms with Crippen LogP contribution < -0.4 is 5.32 Å². The van der Waals surface area contributed by atoms with Gasteiger partial charge in [-0.05, 0) is 43.9 Å². The molecule has 0 bridgehead atoms. The molecule has 0 radical (unpaired) electrons. The average Bonchev–Trinajstić information content (AvgIpc) is 2.47. The third kappa shape index (κ3) is 4.00. The number of halogens is 4. The summed E-state index contributed by atoms with van der Waals surface area (Å²) >= 11 is 5.83. The molecular weight excluding hydrogens is 319 g/mol. The minimum absolute atomic E-state index is 0.00490. The molecule has 0 unspecified atom stereocenters. The summed E-state index contributed by atoms with van der Waals surface area (Å²) in [5.74, 6) is -0.615. The topological polar surface area (TPSA) is 46.2 Å². The van der Waals surface area contributed by atoms with Gasteiger partial charge in [-0.25, -0.2) is 0 Å². The van der Waals surface area contributed by atoms with Crippen LogP contribution >= 0.6 is 11.6 Å². The number of hydrogen-bond acceptors (Lipinski definition) is 2. The maximum atomic E-state index is 12.7. The van der Waals surface area contributed by atoms with Crippen LogP contribution in [0.2, 0.25) is 5.02 Å². The predicted molar refractivity (Wildman–Crippen MR) is 75.7 cm³/mol. The summed E-state index contributed by atoms with van der Waals surface area (Å²) in [5, 5.41) is 2.67. The summed E-state index contributed by atoms with van der Waals surface area (Å²) in [7, 11) is 0. The number of nitrogens with one attached hydrogen (secondary N) is 1. The van der Waals surface area contributed by atoms with Gasteiger partial charge in [0.1, 0.15) is 6.29 Å². The van der Waals surface area contributed by atoms with E-state index in [1.165, 1.54) is 0 Å². The smallest absolute Gasteiger partial charge is 0.349 e. The molecule has 0 aliphatic heterocycles. The first-order valence-electron chi connectivity index (χ1n) is 6.94. The zero-order valence-electron chi connectivity index (χ0n) is 11.6. The highest BCUT2D eigenvalue weighted by Crippen LogP contribution is 2.32. The van der Waals surface area contributed by atoms with Gasteiger partial charge in [0.05, 0.1) is 16.1 Å². The van der Waals surface area contributed by atoms with E-state index in [0.29, 0.717) is 25.7 Å². The second-order valence-corrected chi connectivity index (χ2v) is 5.82. The molecule has 0 aromatic heterocycles. The zero-order chi connectivity index (χ0) is 16.3. The molecular formula is C15H15ClF3NO2. The van der Waals surface area contributed by atoms with E-state index in [2.05, 4.69) is 5.32 Å². The number of alkyl halides is 3. The third-order valence-corrected chi connectivity index (χ3v) is 4.17. The maximum Gasteiger partial charge on any atom is 0.416 e. The van der Waals surface area contributed by atoms with Gasteiger partial charge in [-0.3, -0.25) is 4.79 Å². The lowest BCUT2D eigenvalue weighted by Gasteiger charge is -2.26. The van der Waals surface area contributed by atoms with Gasteiger partial charge in [-0.2, -0.15) is 13.2 Å². The van der Waals surface area contributed by atoms with Crippen LogP contribution in [0, 0.1) is 5.92 Å². The van der Waals surface area contributed by atoms with E-state index in [1.807, 2.05) is 0 Å². The Morgan fingerprint density at radius 2 is 1.86 bits per heavy atom. The molecule has 0 saturated heterocycles. The molecule has 1 saturated carbocycles. The van der Waals surface area contributed by atoms with Crippen molar-refractivity contribution in [3.05, 3.63) is 34.3 Å². The van der Waals surface area contributed by atoms with Crippen molar-refractivity contribution in [1.29, 1.82) is 0 Å². The van der Waals surface area contributed by atoms with Crippen LogP contribution in [-0.2, 0) is 11.0 Å². The number of hydrogen-bond donors (Lipinski definition) is 1. The number of benzene rings is 1. The molecule has 7 heteroatoms. The number of carbonyl (C=O) groups excluding carboxylic acids is 2. The Bertz CT molecular complexity index is 566. The van der Waals surface area contributed by atoms with E-state index in [1.54, 1.807) is 0 Å². The summed E-state index contributed by atoms with van der Waals surface area (Å²) in [4.78, 5) is 22.8. The number of aldehydes is 1. The molecule has 0 heterocycles. The van der Waals surface area contributed by atoms with Gasteiger partial charge in [0.15, 0.2) is 0 Å². The molecule has 1 amide bonds. The van der Waals surface area contributed by atoms with E-state index < -0.39 is 17.6 Å². The quantitative estimate of drug-likeness (QED) is 0.854. The first-order chi connectivity index (χ1) is 10.3. The van der Waals surface area contributed by atoms with Crippen molar-refractivity contribution >= 4 is 23.8 Å². The molecule has 1 N–H and O–H groups in total. The molecule has 1 aliphatic rings. The lowest BCUT2D eigenvalue weighted by Crippen LogP contribution is -2.38. The molecule has 3 nitrogen and oxygen atoms in total. The van der Waals surface area contributed by atoms with Gasteiger partial charge in [0.2, 0.25) is 0 Å². The fourth-order valence-electron chi connectivity index (χ4n) is 2.54. The Kier molecular flexibility index (Phi) is 5.11. The molecule has 22 heavy (non-hydrogen) atoms. The number of amides is 1. The Morgan fingerprint density at radius 1 is 1.23 bits per heavy atom. The highest BCUT2D eigenvalue weighted by Gasteiger charge is 2.32. The number of carbonyl (C=O) groups is 2. The second kappa shape index (κ2) is 6.69. The van der Waals surface area contributed by atoms with Crippen molar-refractivity contribution in [2.24, 2.45) is 5.92 Å². The molecule has 2 rings (SSSR count). The number of rotatable bonds is 3. The highest BCUT2D eigenvalue weighted by atomic mass is 35.5. The molecule has 0 spiro atoms. The van der Waals surface area contributed by atoms with Crippen LogP contribution in [0.5, 0.6) is 0 Å². The molecule has 1 aromatic rings. The second-order valence-electron chi connectivity index (χ2n) is 5.41. The summed E-state index contributed by atoms with van der Waals surface area (Å²) in [6.45, 7) is 0. The van der Waals surface area contributed by atoms with Crippen LogP contribution in [0.4, 0.5) is 13.2 Å². The lowest BCUT2D eigenvalue weighted by molar-refractivity contribution is -0.137. The van der Waals surface area contributed by atoms with Gasteiger partial charge in [-0.15, -0.1) is 0 Å². The SMILES string of the molecule is O=CC1CCC(NC(=O)c2cc(C(F)(F)F)ccc2Cl)CC1. The van der Waals surface area contributed by atoms with Crippen molar-refractivity contribution in [1.82, 2.24) is 5.32 Å². The molecule has 1 aromatic carbocycles. The third-order valence-electron chi connectivity index (χ3n) is 3.84. The first-order valence-corrected chi connectivity index (χ1v) is 7.32. The van der Waals surface area contributed by atoms with Gasteiger partial charge in [-0.1, -0.05) is 11.6 Å². The van der Waals surface area contributed by atoms with Gasteiger partial charge >= 0.3 is 6.18 Å². The van der Waals surface area contributed by atoms with Gasteiger partial charge in [0.25, 0.3) is 5.91 Å². The molecule has 0 atom stereocenters. The van der Waals surface area contributed by atoms with E-state index in [-0.39, 0.29) is 22.5 Å². The zero-order valence-corrected chi connectivity index (χ0v) is 12.4. The van der Waals surface area contributed by atoms with Crippen LogP contribution in [0.1, 0.15) is 41.6 Å². The fourth-order valence-corrected chi connectivity index (χ4v) is 2.74. The Morgan fingerprint density at radius 3 is 2.41 bits per heavy atom. The molecule has 120 valence electrons. The van der Waals surface area contributed by atoms with Crippen molar-refractivity contribution in [2.45, 2.75) is 37.9 Å². The normalized spacial score (nSPS) is 22.2. The minimum atomic E-state index is -4.53. The highest BCUT2D eigenvalue weighted by molar-refractivity contribution is 6.33. The summed E-state index contributed by atoms with van der Waals surface area (Å²) in [6, 6.07) is 2.53. The largest absolute Gasteiger partial charge is 0.416 e. The van der Waals surface area contributed by atoms with E-state index in [9.17, 15) is 22.8 Å². The minimum Gasteiger partial charge on any atom is -0.349 e. The van der Waals surface area contributed by atoms with Crippen molar-refractivity contribution < 1.29 is 22.8 Å². The van der Waals surface area contributed by atoms with E-state index in [4.69, 9.17) is 11.6 Å². The fraction of sp³-hybridized carbons (Fsp3) is 0.467. The molecule has 1 fully saturated rings. The van der Waals surface area contributed by atoms with Crippen LogP contribution in [0.15, 0.2) is 18.2 Å². The first kappa shape index (κ1) is 16.8. The van der Waals surface area contributed by atoms with Gasteiger partial charge < -0.3 is 10.1 Å². The Balaban J connectivity index is 2.08. The average molecular weight is 334 g/mol. The Labute approximate surface area is 130 Å². The monoisotopic (exact) mass is 333 g/mol. The molecule has 1 aliphatic carbocycles. The standard InChI is InChI=1S/C15H15ClF3NO2/c16-13-6-3-10(15(17,18)19)7-12(13)14(22)20-11-4-1-9(8-21)2-5-11/h3,6-9,11H,1-2,4-5H2,(H,20,22). The van der Waals surface area contributed by atoms with Crippen LogP contribution in [0.25, 0.3) is 0 Å². The van der Waals surface area contributed by atoms with E-state index in [0.717, 1.165) is 24.5 Å². The summed E-state index contributed by atoms with van der Waals surface area (Å²) in [5.41, 5.74) is -1.10. The summed E-state index contributed by atoms with van der Waals surface area (Å²) in [6.07, 6.45) is -1.02. The van der Waals surface area contributed by atoms with Crippen LogP contribution in [-0.4, -0.2) is 18.2 Å². The van der Waals surface area contributed by atoms with Gasteiger partial charge in [0, 0.05) is 12.0 Å². The van der Waals surface area contributed by atoms with Crippen molar-refractivity contribution in [3.8, 4) is 0 Å².